The Morgan fingerprint density at radius 1 is 1.03 bits per heavy atom. The van der Waals surface area contributed by atoms with Crippen molar-refractivity contribution in [2.45, 2.75) is 6.54 Å². The molecule has 0 aliphatic heterocycles. The third-order valence-electron chi connectivity index (χ3n) is 4.23. The molecule has 0 radical (unpaired) electrons. The van der Waals surface area contributed by atoms with Crippen LogP contribution in [0.3, 0.4) is 0 Å². The first-order chi connectivity index (χ1) is 14.5. The number of aromatic nitrogens is 3. The van der Waals surface area contributed by atoms with Crippen molar-refractivity contribution in [3.05, 3.63) is 88.7 Å². The van der Waals surface area contributed by atoms with Gasteiger partial charge in [0.1, 0.15) is 23.9 Å². The normalized spacial score (nSPS) is 10.7. The number of anilines is 1. The van der Waals surface area contributed by atoms with Crippen molar-refractivity contribution < 1.29 is 18.1 Å². The Morgan fingerprint density at radius 2 is 1.83 bits per heavy atom. The summed E-state index contributed by atoms with van der Waals surface area (Å²) in [5, 5.41) is 6.23. The maximum atomic E-state index is 13.8. The number of hydrogen-bond acceptors (Lipinski definition) is 5. The molecule has 9 heteroatoms. The maximum absolute atomic E-state index is 13.8. The van der Waals surface area contributed by atoms with Gasteiger partial charge in [0.25, 0.3) is 11.4 Å². The molecule has 4 aromatic rings. The molecule has 2 heterocycles. The van der Waals surface area contributed by atoms with E-state index in [0.29, 0.717) is 5.56 Å². The summed E-state index contributed by atoms with van der Waals surface area (Å²) in [7, 11) is 0. The van der Waals surface area contributed by atoms with E-state index < -0.39 is 29.6 Å². The first-order valence-corrected chi connectivity index (χ1v) is 8.85. The molecule has 0 saturated carbocycles. The van der Waals surface area contributed by atoms with Crippen LogP contribution in [-0.2, 0) is 11.3 Å². The van der Waals surface area contributed by atoms with Crippen LogP contribution in [0.25, 0.3) is 23.0 Å². The van der Waals surface area contributed by atoms with Gasteiger partial charge >= 0.3 is 0 Å². The molecule has 0 fully saturated rings. The van der Waals surface area contributed by atoms with E-state index in [2.05, 4.69) is 15.5 Å². The highest BCUT2D eigenvalue weighted by molar-refractivity contribution is 5.90. The number of amides is 1. The van der Waals surface area contributed by atoms with Crippen LogP contribution in [0.5, 0.6) is 0 Å². The van der Waals surface area contributed by atoms with Crippen LogP contribution in [0, 0.1) is 11.6 Å². The summed E-state index contributed by atoms with van der Waals surface area (Å²) in [6.07, 6.45) is 0. The van der Waals surface area contributed by atoms with Gasteiger partial charge in [-0.3, -0.25) is 14.2 Å². The number of para-hydroxylation sites is 1. The van der Waals surface area contributed by atoms with Gasteiger partial charge in [-0.15, -0.1) is 0 Å². The van der Waals surface area contributed by atoms with Crippen molar-refractivity contribution in [1.29, 1.82) is 0 Å². The maximum Gasteiger partial charge on any atom is 0.274 e. The third kappa shape index (κ3) is 4.00. The first-order valence-electron chi connectivity index (χ1n) is 8.85. The van der Waals surface area contributed by atoms with Gasteiger partial charge in [0.2, 0.25) is 11.7 Å². The summed E-state index contributed by atoms with van der Waals surface area (Å²) >= 11 is 0. The predicted octanol–water partition coefficient (Wildman–Crippen LogP) is 3.48. The van der Waals surface area contributed by atoms with Crippen molar-refractivity contribution >= 4 is 11.6 Å². The molecule has 4 rings (SSSR count). The van der Waals surface area contributed by atoms with Gasteiger partial charge < -0.3 is 9.84 Å². The number of rotatable bonds is 5. The van der Waals surface area contributed by atoms with E-state index in [1.807, 2.05) is 0 Å². The van der Waals surface area contributed by atoms with E-state index in [1.54, 1.807) is 12.1 Å². The van der Waals surface area contributed by atoms with Crippen molar-refractivity contribution in [3.63, 3.8) is 0 Å². The molecule has 0 atom stereocenters. The minimum absolute atomic E-state index is 0.000731. The summed E-state index contributed by atoms with van der Waals surface area (Å²) in [6, 6.07) is 15.6. The lowest BCUT2D eigenvalue weighted by Gasteiger charge is -2.10. The second kappa shape index (κ2) is 8.08. The largest absolute Gasteiger partial charge is 0.332 e. The molecule has 1 N–H and O–H groups in total. The minimum atomic E-state index is -0.612. The van der Waals surface area contributed by atoms with Gasteiger partial charge in [0.15, 0.2) is 0 Å². The van der Waals surface area contributed by atoms with Crippen molar-refractivity contribution in [2.24, 2.45) is 0 Å². The third-order valence-corrected chi connectivity index (χ3v) is 4.23. The van der Waals surface area contributed by atoms with Gasteiger partial charge in [-0.25, -0.2) is 8.78 Å². The second-order valence-electron chi connectivity index (χ2n) is 6.30. The predicted molar refractivity (Wildman–Crippen MR) is 104 cm³/mol. The lowest BCUT2D eigenvalue weighted by atomic mass is 10.2. The van der Waals surface area contributed by atoms with Gasteiger partial charge in [0.05, 0.1) is 5.69 Å². The smallest absolute Gasteiger partial charge is 0.274 e. The molecule has 1 amide bonds. The number of carbonyl (C=O) groups excluding carboxylic acids is 1. The van der Waals surface area contributed by atoms with Crippen LogP contribution >= 0.6 is 0 Å². The Bertz CT molecular complexity index is 1280. The van der Waals surface area contributed by atoms with Gasteiger partial charge in [-0.1, -0.05) is 35.5 Å². The van der Waals surface area contributed by atoms with E-state index in [9.17, 15) is 18.4 Å². The molecule has 0 bridgehead atoms. The Labute approximate surface area is 168 Å². The molecule has 0 aliphatic carbocycles. The number of nitrogens with one attached hydrogen (secondary N) is 1. The van der Waals surface area contributed by atoms with E-state index in [-0.39, 0.29) is 23.1 Å². The van der Waals surface area contributed by atoms with Crippen LogP contribution in [0.15, 0.2) is 76.0 Å². The van der Waals surface area contributed by atoms with E-state index in [4.69, 9.17) is 4.52 Å². The van der Waals surface area contributed by atoms with Crippen molar-refractivity contribution in [3.8, 4) is 23.0 Å². The lowest BCUT2D eigenvalue weighted by Crippen LogP contribution is -2.28. The minimum Gasteiger partial charge on any atom is -0.332 e. The summed E-state index contributed by atoms with van der Waals surface area (Å²) in [6.45, 7) is -0.402. The second-order valence-corrected chi connectivity index (χ2v) is 6.30. The van der Waals surface area contributed by atoms with E-state index in [1.165, 1.54) is 54.6 Å². The van der Waals surface area contributed by atoms with E-state index >= 15 is 0 Å². The first kappa shape index (κ1) is 19.2. The SMILES string of the molecule is O=C(Cn1c(-c2nc(-c3cccc(F)c3)no2)cccc1=O)Nc1ccccc1F. The summed E-state index contributed by atoms with van der Waals surface area (Å²) in [5.74, 6) is -1.56. The fourth-order valence-corrected chi connectivity index (χ4v) is 2.84. The number of hydrogen-bond donors (Lipinski definition) is 1. The molecule has 2 aromatic heterocycles. The molecule has 150 valence electrons. The van der Waals surface area contributed by atoms with Crippen LogP contribution in [-0.4, -0.2) is 20.6 Å². The van der Waals surface area contributed by atoms with Crippen LogP contribution < -0.4 is 10.9 Å². The molecule has 7 nitrogen and oxygen atoms in total. The van der Waals surface area contributed by atoms with Crippen molar-refractivity contribution in [1.82, 2.24) is 14.7 Å². The van der Waals surface area contributed by atoms with E-state index in [0.717, 1.165) is 4.57 Å². The highest BCUT2D eigenvalue weighted by atomic mass is 19.1. The molecule has 0 spiro atoms. The molecular formula is C21H14F2N4O3. The van der Waals surface area contributed by atoms with Gasteiger partial charge in [-0.05, 0) is 30.3 Å². The Balaban J connectivity index is 1.63. The Morgan fingerprint density at radius 3 is 2.63 bits per heavy atom. The zero-order valence-electron chi connectivity index (χ0n) is 15.4. The quantitative estimate of drug-likeness (QED) is 0.546. The number of benzene rings is 2. The highest BCUT2D eigenvalue weighted by Crippen LogP contribution is 2.22. The zero-order valence-corrected chi connectivity index (χ0v) is 15.4. The molecule has 2 aromatic carbocycles. The topological polar surface area (TPSA) is 90.0 Å². The standard InChI is InChI=1S/C21H14F2N4O3/c22-14-6-3-5-13(11-14)20-25-21(30-26-20)17-9-4-10-19(29)27(17)12-18(28)24-16-8-2-1-7-15(16)23/h1-11H,12H2,(H,24,28). The molecule has 0 unspecified atom stereocenters. The molecular weight excluding hydrogens is 394 g/mol. The monoisotopic (exact) mass is 408 g/mol. The number of nitrogens with zero attached hydrogens (tertiary/aromatic N) is 3. The lowest BCUT2D eigenvalue weighted by molar-refractivity contribution is -0.116. The van der Waals surface area contributed by atoms with Crippen molar-refractivity contribution in [2.75, 3.05) is 5.32 Å². The summed E-state index contributed by atoms with van der Waals surface area (Å²) < 4.78 is 33.6. The number of carbonyl (C=O) groups is 1. The average Bonchev–Trinajstić information content (AvgIpc) is 3.21. The number of halogens is 2. The van der Waals surface area contributed by atoms with Gasteiger partial charge in [0, 0.05) is 11.6 Å². The molecule has 30 heavy (non-hydrogen) atoms. The molecule has 0 aliphatic rings. The summed E-state index contributed by atoms with van der Waals surface area (Å²) in [5.41, 5.74) is 0.106. The van der Waals surface area contributed by atoms with Crippen LogP contribution in [0.4, 0.5) is 14.5 Å². The highest BCUT2D eigenvalue weighted by Gasteiger charge is 2.17. The van der Waals surface area contributed by atoms with Gasteiger partial charge in [-0.2, -0.15) is 4.98 Å². The Kier molecular flexibility index (Phi) is 5.17. The van der Waals surface area contributed by atoms with Crippen LogP contribution in [0.2, 0.25) is 0 Å². The fourth-order valence-electron chi connectivity index (χ4n) is 2.84. The fraction of sp³-hybridized carbons (Fsp3) is 0.0476. The van der Waals surface area contributed by atoms with Crippen LogP contribution in [0.1, 0.15) is 0 Å². The summed E-state index contributed by atoms with van der Waals surface area (Å²) in [4.78, 5) is 29.0. The zero-order chi connectivity index (χ0) is 21.1. The average molecular weight is 408 g/mol. The number of pyridine rings is 1. The molecule has 0 saturated heterocycles. The Hall–Kier alpha value is -4.14.